The summed E-state index contributed by atoms with van der Waals surface area (Å²) in [5, 5.41) is 0.962. The molecule has 22 heavy (non-hydrogen) atoms. The molecule has 1 amide bonds. The third kappa shape index (κ3) is 3.14. The highest BCUT2D eigenvalue weighted by Crippen LogP contribution is 2.30. The van der Waals surface area contributed by atoms with Crippen molar-refractivity contribution in [2.24, 2.45) is 0 Å². The van der Waals surface area contributed by atoms with Crippen molar-refractivity contribution < 1.29 is 9.53 Å². The Hall–Kier alpha value is -1.88. The number of carbonyl (C=O) groups is 1. The van der Waals surface area contributed by atoms with Gasteiger partial charge in [0.05, 0.1) is 19.2 Å². The van der Waals surface area contributed by atoms with Crippen molar-refractivity contribution in [2.45, 2.75) is 26.2 Å². The normalized spacial score (nSPS) is 14.4. The molecule has 0 unspecified atom stereocenters. The molecule has 1 aromatic carbocycles. The van der Waals surface area contributed by atoms with E-state index < -0.39 is 0 Å². The van der Waals surface area contributed by atoms with Crippen LogP contribution in [0.5, 0.6) is 5.75 Å². The first-order chi connectivity index (χ1) is 10.7. The number of thiazole rings is 1. The van der Waals surface area contributed by atoms with Crippen LogP contribution in [0.1, 0.15) is 23.4 Å². The fraction of sp³-hybridized carbons (Fsp3) is 0.412. The van der Waals surface area contributed by atoms with E-state index in [1.807, 2.05) is 36.1 Å². The van der Waals surface area contributed by atoms with Crippen LogP contribution < -0.4 is 4.74 Å². The molecule has 4 nitrogen and oxygen atoms in total. The van der Waals surface area contributed by atoms with Crippen LogP contribution in [0.4, 0.5) is 0 Å². The first-order valence-electron chi connectivity index (χ1n) is 7.56. The summed E-state index contributed by atoms with van der Waals surface area (Å²) in [5.41, 5.74) is 2.03. The molecule has 1 aliphatic heterocycles. The predicted molar refractivity (Wildman–Crippen MR) is 88.4 cm³/mol. The molecule has 3 rings (SSSR count). The first-order valence-corrected chi connectivity index (χ1v) is 8.37. The summed E-state index contributed by atoms with van der Waals surface area (Å²) < 4.78 is 5.18. The molecule has 1 aromatic heterocycles. The third-order valence-corrected chi connectivity index (χ3v) is 5.21. The highest BCUT2D eigenvalue weighted by molar-refractivity contribution is 7.15. The molecule has 0 bridgehead atoms. The third-order valence-electron chi connectivity index (χ3n) is 4.00. The van der Waals surface area contributed by atoms with Gasteiger partial charge < -0.3 is 9.64 Å². The molecule has 2 heterocycles. The van der Waals surface area contributed by atoms with E-state index >= 15 is 0 Å². The number of aryl methyl sites for hydroxylation is 1. The van der Waals surface area contributed by atoms with E-state index in [0.717, 1.165) is 52.8 Å². The summed E-state index contributed by atoms with van der Waals surface area (Å²) in [4.78, 5) is 19.9. The van der Waals surface area contributed by atoms with E-state index in [4.69, 9.17) is 4.74 Å². The van der Waals surface area contributed by atoms with Gasteiger partial charge in [0.25, 0.3) is 0 Å². The molecular weight excluding hydrogens is 296 g/mol. The minimum atomic E-state index is 0.227. The minimum Gasteiger partial charge on any atom is -0.497 e. The monoisotopic (exact) mass is 316 g/mol. The molecule has 1 aliphatic rings. The zero-order valence-corrected chi connectivity index (χ0v) is 13.8. The van der Waals surface area contributed by atoms with Crippen LogP contribution in [0.3, 0.4) is 0 Å². The van der Waals surface area contributed by atoms with Gasteiger partial charge in [-0.2, -0.15) is 0 Å². The van der Waals surface area contributed by atoms with Crippen molar-refractivity contribution in [1.29, 1.82) is 0 Å². The van der Waals surface area contributed by atoms with Crippen molar-refractivity contribution in [2.75, 3.05) is 20.2 Å². The van der Waals surface area contributed by atoms with E-state index in [2.05, 4.69) is 4.98 Å². The van der Waals surface area contributed by atoms with E-state index in [1.165, 1.54) is 0 Å². The number of amides is 1. The Morgan fingerprint density at radius 3 is 2.59 bits per heavy atom. The van der Waals surface area contributed by atoms with Gasteiger partial charge in [0, 0.05) is 23.5 Å². The highest BCUT2D eigenvalue weighted by atomic mass is 32.1. The quantitative estimate of drug-likeness (QED) is 0.869. The molecule has 116 valence electrons. The van der Waals surface area contributed by atoms with Crippen molar-refractivity contribution in [3.8, 4) is 16.3 Å². The number of benzene rings is 1. The second-order valence-electron chi connectivity index (χ2n) is 5.52. The standard InChI is InChI=1S/C17H20N2O2S/c1-12-15(11-16(20)19-9-3-4-10-19)22-17(18-12)13-5-7-14(21-2)8-6-13/h5-8H,3-4,9-11H2,1-2H3. The molecule has 0 spiro atoms. The SMILES string of the molecule is COc1ccc(-c2nc(C)c(CC(=O)N3CCCC3)s2)cc1. The molecule has 0 saturated carbocycles. The lowest BCUT2D eigenvalue weighted by atomic mass is 10.2. The van der Waals surface area contributed by atoms with Gasteiger partial charge in [-0.15, -0.1) is 11.3 Å². The Labute approximate surface area is 134 Å². The lowest BCUT2D eigenvalue weighted by Crippen LogP contribution is -2.28. The van der Waals surface area contributed by atoms with Crippen molar-refractivity contribution in [1.82, 2.24) is 9.88 Å². The van der Waals surface area contributed by atoms with Crippen molar-refractivity contribution in [3.63, 3.8) is 0 Å². The summed E-state index contributed by atoms with van der Waals surface area (Å²) in [7, 11) is 1.66. The van der Waals surface area contributed by atoms with Crippen molar-refractivity contribution in [3.05, 3.63) is 34.8 Å². The fourth-order valence-electron chi connectivity index (χ4n) is 2.66. The summed E-state index contributed by atoms with van der Waals surface area (Å²) in [5.74, 6) is 1.06. The number of carbonyl (C=O) groups excluding carboxylic acids is 1. The Kier molecular flexibility index (Phi) is 4.43. The predicted octanol–water partition coefficient (Wildman–Crippen LogP) is 3.29. The lowest BCUT2D eigenvalue weighted by Gasteiger charge is -2.14. The number of likely N-dealkylation sites (tertiary alicyclic amines) is 1. The average molecular weight is 316 g/mol. The van der Waals surface area contributed by atoms with Gasteiger partial charge >= 0.3 is 0 Å². The molecule has 1 saturated heterocycles. The van der Waals surface area contributed by atoms with Gasteiger partial charge in [0.1, 0.15) is 10.8 Å². The maximum absolute atomic E-state index is 12.3. The van der Waals surface area contributed by atoms with Crippen LogP contribution in [0.25, 0.3) is 10.6 Å². The van der Waals surface area contributed by atoms with E-state index in [-0.39, 0.29) is 5.91 Å². The molecule has 0 atom stereocenters. The first kappa shape index (κ1) is 15.0. The van der Waals surface area contributed by atoms with Gasteiger partial charge in [-0.25, -0.2) is 4.98 Å². The van der Waals surface area contributed by atoms with Gasteiger partial charge in [-0.05, 0) is 44.0 Å². The molecule has 2 aromatic rings. The molecule has 0 radical (unpaired) electrons. The van der Waals surface area contributed by atoms with Gasteiger partial charge in [0.15, 0.2) is 0 Å². The lowest BCUT2D eigenvalue weighted by molar-refractivity contribution is -0.129. The molecule has 0 aliphatic carbocycles. The van der Waals surface area contributed by atoms with Crippen LogP contribution in [-0.2, 0) is 11.2 Å². The van der Waals surface area contributed by atoms with Gasteiger partial charge in [-0.3, -0.25) is 4.79 Å². The van der Waals surface area contributed by atoms with E-state index in [9.17, 15) is 4.79 Å². The smallest absolute Gasteiger partial charge is 0.227 e. The number of methoxy groups -OCH3 is 1. The van der Waals surface area contributed by atoms with Crippen LogP contribution >= 0.6 is 11.3 Å². The maximum Gasteiger partial charge on any atom is 0.227 e. The van der Waals surface area contributed by atoms with Crippen LogP contribution in [0, 0.1) is 6.92 Å². The van der Waals surface area contributed by atoms with E-state index in [0.29, 0.717) is 6.42 Å². The summed E-state index contributed by atoms with van der Waals surface area (Å²) in [6.45, 7) is 3.79. The number of hydrogen-bond acceptors (Lipinski definition) is 4. The Balaban J connectivity index is 1.76. The fourth-order valence-corrected chi connectivity index (χ4v) is 3.72. The maximum atomic E-state index is 12.3. The van der Waals surface area contributed by atoms with Crippen LogP contribution in [0.15, 0.2) is 24.3 Å². The average Bonchev–Trinajstić information content (AvgIpc) is 3.18. The Bertz CT molecular complexity index is 658. The van der Waals surface area contributed by atoms with Crippen LogP contribution in [0.2, 0.25) is 0 Å². The summed E-state index contributed by atoms with van der Waals surface area (Å²) in [6, 6.07) is 7.87. The zero-order chi connectivity index (χ0) is 15.5. The molecule has 0 N–H and O–H groups in total. The second-order valence-corrected chi connectivity index (χ2v) is 6.60. The van der Waals surface area contributed by atoms with Gasteiger partial charge in [-0.1, -0.05) is 0 Å². The van der Waals surface area contributed by atoms with Crippen LogP contribution in [-0.4, -0.2) is 36.0 Å². The molecule has 1 fully saturated rings. The number of nitrogens with zero attached hydrogens (tertiary/aromatic N) is 2. The summed E-state index contributed by atoms with van der Waals surface area (Å²) >= 11 is 1.61. The minimum absolute atomic E-state index is 0.227. The summed E-state index contributed by atoms with van der Waals surface area (Å²) in [6.07, 6.45) is 2.73. The number of aromatic nitrogens is 1. The molecule has 5 heteroatoms. The van der Waals surface area contributed by atoms with Crippen molar-refractivity contribution >= 4 is 17.2 Å². The number of ether oxygens (including phenoxy) is 1. The Morgan fingerprint density at radius 2 is 1.95 bits per heavy atom. The second kappa shape index (κ2) is 6.48. The molecular formula is C17H20N2O2S. The largest absolute Gasteiger partial charge is 0.497 e. The van der Waals surface area contributed by atoms with Gasteiger partial charge in [0.2, 0.25) is 5.91 Å². The topological polar surface area (TPSA) is 42.4 Å². The number of hydrogen-bond donors (Lipinski definition) is 0. The highest BCUT2D eigenvalue weighted by Gasteiger charge is 2.20. The zero-order valence-electron chi connectivity index (χ0n) is 13.0. The Morgan fingerprint density at radius 1 is 1.27 bits per heavy atom. The van der Waals surface area contributed by atoms with E-state index in [1.54, 1.807) is 18.4 Å². The number of rotatable bonds is 4.